The van der Waals surface area contributed by atoms with Crippen molar-refractivity contribution in [3.05, 3.63) is 0 Å². The van der Waals surface area contributed by atoms with Gasteiger partial charge in [0.2, 0.25) is 0 Å². The molecular formula is C8H13NO7. The highest BCUT2D eigenvalue weighted by atomic mass is 16.4. The third-order valence-electron chi connectivity index (χ3n) is 1.08. The Labute approximate surface area is 91.1 Å². The van der Waals surface area contributed by atoms with E-state index in [1.807, 2.05) is 0 Å². The molecule has 0 atom stereocenters. The van der Waals surface area contributed by atoms with Crippen molar-refractivity contribution < 1.29 is 34.5 Å². The number of carbonyl (C=O) groups is 4. The zero-order valence-electron chi connectivity index (χ0n) is 8.62. The Kier molecular flexibility index (Phi) is 9.87. The molecule has 0 aliphatic rings. The maximum absolute atomic E-state index is 10.1. The van der Waals surface area contributed by atoms with Gasteiger partial charge in [0.25, 0.3) is 0 Å². The average molecular weight is 235 g/mol. The Morgan fingerprint density at radius 2 is 1.12 bits per heavy atom. The molecule has 0 saturated heterocycles. The van der Waals surface area contributed by atoms with Gasteiger partial charge in [-0.3, -0.25) is 19.3 Å². The van der Waals surface area contributed by atoms with Crippen LogP contribution in [0.2, 0.25) is 0 Å². The van der Waals surface area contributed by atoms with Gasteiger partial charge in [-0.15, -0.1) is 0 Å². The van der Waals surface area contributed by atoms with E-state index >= 15 is 0 Å². The first kappa shape index (κ1) is 16.5. The Hall–Kier alpha value is -1.96. The molecule has 3 N–H and O–H groups in total. The van der Waals surface area contributed by atoms with Crippen molar-refractivity contribution in [1.82, 2.24) is 4.90 Å². The Balaban J connectivity index is 0. The monoisotopic (exact) mass is 235 g/mol. The molecule has 0 fully saturated rings. The van der Waals surface area contributed by atoms with E-state index in [4.69, 9.17) is 20.1 Å². The molecule has 0 heterocycles. The summed E-state index contributed by atoms with van der Waals surface area (Å²) in [6, 6.07) is 0. The third-order valence-corrected chi connectivity index (χ3v) is 1.08. The number of aldehydes is 1. The number of hydrogen-bond donors (Lipinski definition) is 3. The zero-order valence-corrected chi connectivity index (χ0v) is 8.62. The summed E-state index contributed by atoms with van der Waals surface area (Å²) in [6.45, 7) is -0.351. The number of hydrogen-bond acceptors (Lipinski definition) is 5. The molecule has 0 aromatic heterocycles. The molecule has 0 rings (SSSR count). The highest BCUT2D eigenvalue weighted by molar-refractivity contribution is 5.75. The van der Waals surface area contributed by atoms with Crippen molar-refractivity contribution in [3.63, 3.8) is 0 Å². The topological polar surface area (TPSA) is 132 Å². The SMILES string of the molecule is CC=O.O=C(O)CN(CC(=O)O)CC(=O)O. The molecule has 0 bridgehead atoms. The summed E-state index contributed by atoms with van der Waals surface area (Å²) in [5.41, 5.74) is 0. The van der Waals surface area contributed by atoms with E-state index in [9.17, 15) is 14.4 Å². The van der Waals surface area contributed by atoms with Crippen LogP contribution in [0.25, 0.3) is 0 Å². The minimum Gasteiger partial charge on any atom is -0.480 e. The number of carbonyl (C=O) groups excluding carboxylic acids is 1. The Morgan fingerprint density at radius 1 is 0.938 bits per heavy atom. The molecule has 16 heavy (non-hydrogen) atoms. The fraction of sp³-hybridized carbons (Fsp3) is 0.500. The van der Waals surface area contributed by atoms with Gasteiger partial charge in [0.1, 0.15) is 6.29 Å². The molecule has 8 nitrogen and oxygen atoms in total. The number of carboxylic acids is 3. The molecule has 0 aromatic rings. The lowest BCUT2D eigenvalue weighted by Gasteiger charge is -2.14. The lowest BCUT2D eigenvalue weighted by atomic mass is 10.4. The van der Waals surface area contributed by atoms with E-state index in [1.165, 1.54) is 6.92 Å². The first-order valence-electron chi connectivity index (χ1n) is 4.11. The van der Waals surface area contributed by atoms with Crippen LogP contribution in [-0.2, 0) is 19.2 Å². The first-order chi connectivity index (χ1) is 7.33. The van der Waals surface area contributed by atoms with Crippen LogP contribution in [0.15, 0.2) is 0 Å². The van der Waals surface area contributed by atoms with Crippen molar-refractivity contribution in [2.45, 2.75) is 6.92 Å². The molecule has 0 spiro atoms. The summed E-state index contributed by atoms with van der Waals surface area (Å²) in [7, 11) is 0. The molecule has 0 aliphatic heterocycles. The van der Waals surface area contributed by atoms with E-state index < -0.39 is 37.5 Å². The van der Waals surface area contributed by atoms with Crippen LogP contribution in [0.4, 0.5) is 0 Å². The van der Waals surface area contributed by atoms with E-state index in [2.05, 4.69) is 0 Å². The van der Waals surface area contributed by atoms with Crippen molar-refractivity contribution in [3.8, 4) is 0 Å². The summed E-state index contributed by atoms with van der Waals surface area (Å²) in [5.74, 6) is -3.78. The Bertz CT molecular complexity index is 225. The summed E-state index contributed by atoms with van der Waals surface area (Å²) < 4.78 is 0. The van der Waals surface area contributed by atoms with Crippen LogP contribution in [0.3, 0.4) is 0 Å². The van der Waals surface area contributed by atoms with E-state index in [0.29, 0.717) is 0 Å². The molecule has 0 saturated carbocycles. The fourth-order valence-corrected chi connectivity index (χ4v) is 0.742. The van der Waals surface area contributed by atoms with Gasteiger partial charge in [0.05, 0.1) is 19.6 Å². The largest absolute Gasteiger partial charge is 0.480 e. The van der Waals surface area contributed by atoms with Crippen molar-refractivity contribution in [2.24, 2.45) is 0 Å². The standard InChI is InChI=1S/C6H9NO6.C2H4O/c8-4(9)1-7(2-5(10)11)3-6(12)13;1-2-3/h1-3H2,(H,8,9)(H,10,11)(H,12,13);2H,1H3. The van der Waals surface area contributed by atoms with Gasteiger partial charge in [-0.05, 0) is 6.92 Å². The van der Waals surface area contributed by atoms with E-state index in [0.717, 1.165) is 11.2 Å². The quantitative estimate of drug-likeness (QED) is 0.486. The maximum atomic E-state index is 10.1. The third kappa shape index (κ3) is 14.6. The van der Waals surface area contributed by atoms with Crippen LogP contribution in [-0.4, -0.2) is 64.0 Å². The number of rotatable bonds is 6. The molecule has 92 valence electrons. The number of carboxylic acid groups (broad SMARTS) is 3. The van der Waals surface area contributed by atoms with Crippen LogP contribution in [0.1, 0.15) is 6.92 Å². The average Bonchev–Trinajstić information content (AvgIpc) is 2.00. The van der Waals surface area contributed by atoms with Gasteiger partial charge < -0.3 is 20.1 Å². The van der Waals surface area contributed by atoms with Crippen LogP contribution in [0, 0.1) is 0 Å². The number of aliphatic carboxylic acids is 3. The van der Waals surface area contributed by atoms with Crippen LogP contribution >= 0.6 is 0 Å². The minimum atomic E-state index is -1.26. The van der Waals surface area contributed by atoms with Crippen LogP contribution < -0.4 is 0 Å². The second-order valence-corrected chi connectivity index (χ2v) is 2.56. The molecule has 0 unspecified atom stereocenters. The highest BCUT2D eigenvalue weighted by Crippen LogP contribution is 1.87. The predicted molar refractivity (Wildman–Crippen MR) is 51.1 cm³/mol. The van der Waals surface area contributed by atoms with Gasteiger partial charge in [0, 0.05) is 0 Å². The molecule has 0 amide bonds. The van der Waals surface area contributed by atoms with Gasteiger partial charge in [0.15, 0.2) is 0 Å². The molecule has 0 aromatic carbocycles. The predicted octanol–water partition coefficient (Wildman–Crippen LogP) is -1.25. The Morgan fingerprint density at radius 3 is 1.25 bits per heavy atom. The van der Waals surface area contributed by atoms with Crippen LogP contribution in [0.5, 0.6) is 0 Å². The first-order valence-corrected chi connectivity index (χ1v) is 4.11. The summed E-state index contributed by atoms with van der Waals surface area (Å²) >= 11 is 0. The fourth-order valence-electron chi connectivity index (χ4n) is 0.742. The molecule has 8 heteroatoms. The second kappa shape index (κ2) is 9.59. The highest BCUT2D eigenvalue weighted by Gasteiger charge is 2.15. The normalized spacial score (nSPS) is 8.88. The minimum absolute atomic E-state index is 0.599. The summed E-state index contributed by atoms with van der Waals surface area (Å²) in [4.78, 5) is 40.0. The van der Waals surface area contributed by atoms with Gasteiger partial charge in [-0.2, -0.15) is 0 Å². The van der Waals surface area contributed by atoms with Crippen molar-refractivity contribution >= 4 is 24.2 Å². The number of nitrogens with zero attached hydrogens (tertiary/aromatic N) is 1. The smallest absolute Gasteiger partial charge is 0.317 e. The summed E-state index contributed by atoms with van der Waals surface area (Å²) in [6.07, 6.45) is 0.750. The summed E-state index contributed by atoms with van der Waals surface area (Å²) in [5, 5.41) is 24.8. The zero-order chi connectivity index (χ0) is 13.1. The van der Waals surface area contributed by atoms with Gasteiger partial charge in [-0.25, -0.2) is 0 Å². The van der Waals surface area contributed by atoms with E-state index in [-0.39, 0.29) is 0 Å². The van der Waals surface area contributed by atoms with Crippen molar-refractivity contribution in [2.75, 3.05) is 19.6 Å². The second-order valence-electron chi connectivity index (χ2n) is 2.56. The lowest BCUT2D eigenvalue weighted by molar-refractivity contribution is -0.144. The molecule has 0 aliphatic carbocycles. The van der Waals surface area contributed by atoms with Crippen molar-refractivity contribution in [1.29, 1.82) is 0 Å². The molecular weight excluding hydrogens is 222 g/mol. The van der Waals surface area contributed by atoms with Gasteiger partial charge >= 0.3 is 17.9 Å². The maximum Gasteiger partial charge on any atom is 0.317 e. The lowest BCUT2D eigenvalue weighted by Crippen LogP contribution is -2.38. The van der Waals surface area contributed by atoms with E-state index in [1.54, 1.807) is 0 Å². The molecule has 0 radical (unpaired) electrons. The van der Waals surface area contributed by atoms with Gasteiger partial charge in [-0.1, -0.05) is 0 Å².